The van der Waals surface area contributed by atoms with Gasteiger partial charge in [-0.1, -0.05) is 24.3 Å². The third-order valence-electron chi connectivity index (χ3n) is 2.42. The molecule has 0 aromatic heterocycles. The second kappa shape index (κ2) is 3.66. The van der Waals surface area contributed by atoms with Gasteiger partial charge in [0.15, 0.2) is 0 Å². The minimum Gasteiger partial charge on any atom is -0.299 e. The van der Waals surface area contributed by atoms with Crippen molar-refractivity contribution in [3.8, 4) is 0 Å². The van der Waals surface area contributed by atoms with Gasteiger partial charge in [0, 0.05) is 11.1 Å². The topological polar surface area (TPSA) is 95.4 Å². The molecule has 0 aromatic rings. The standard InChI is InChI=1S/C12H10N4/c13-9-5-1-3-7(11(9)15)8-4-2-6-10(14)12(8)16/h1-6,13-16H. The van der Waals surface area contributed by atoms with E-state index in [4.69, 9.17) is 21.6 Å². The normalized spacial score (nSPS) is 20.0. The first kappa shape index (κ1) is 10.2. The minimum absolute atomic E-state index is 0.0987. The first-order valence-electron chi connectivity index (χ1n) is 4.74. The van der Waals surface area contributed by atoms with E-state index in [1.165, 1.54) is 0 Å². The molecule has 0 aliphatic heterocycles. The molecule has 0 bridgehead atoms. The molecule has 0 amide bonds. The first-order valence-corrected chi connectivity index (χ1v) is 4.74. The Morgan fingerprint density at radius 1 is 0.625 bits per heavy atom. The van der Waals surface area contributed by atoms with Gasteiger partial charge in [0.1, 0.15) is 0 Å². The van der Waals surface area contributed by atoms with Crippen molar-refractivity contribution in [3.05, 3.63) is 47.6 Å². The molecule has 0 fully saturated rings. The van der Waals surface area contributed by atoms with Gasteiger partial charge >= 0.3 is 0 Å². The van der Waals surface area contributed by atoms with Crippen LogP contribution in [0.25, 0.3) is 0 Å². The van der Waals surface area contributed by atoms with Crippen LogP contribution in [0, 0.1) is 21.6 Å². The van der Waals surface area contributed by atoms with Crippen molar-refractivity contribution in [2.75, 3.05) is 0 Å². The smallest absolute Gasteiger partial charge is 0.0868 e. The largest absolute Gasteiger partial charge is 0.299 e. The van der Waals surface area contributed by atoms with Gasteiger partial charge in [-0.05, 0) is 12.2 Å². The van der Waals surface area contributed by atoms with Crippen LogP contribution in [0.5, 0.6) is 0 Å². The SMILES string of the molecule is N=C1C=CC=C(C2=CC=CC(=N)C2=N)C1=N. The molecule has 0 atom stereocenters. The molecule has 0 saturated heterocycles. The maximum Gasteiger partial charge on any atom is 0.0868 e. The Hall–Kier alpha value is -2.36. The summed E-state index contributed by atoms with van der Waals surface area (Å²) in [6.45, 7) is 0. The molecule has 16 heavy (non-hydrogen) atoms. The third-order valence-corrected chi connectivity index (χ3v) is 2.42. The molecule has 0 aromatic carbocycles. The predicted octanol–water partition coefficient (Wildman–Crippen LogP) is 2.06. The Kier molecular flexibility index (Phi) is 2.32. The summed E-state index contributed by atoms with van der Waals surface area (Å²) in [6, 6.07) is 0. The quantitative estimate of drug-likeness (QED) is 0.477. The van der Waals surface area contributed by atoms with Crippen molar-refractivity contribution in [1.82, 2.24) is 0 Å². The molecule has 4 N–H and O–H groups in total. The molecule has 2 aliphatic rings. The second-order valence-electron chi connectivity index (χ2n) is 3.46. The van der Waals surface area contributed by atoms with Crippen LogP contribution in [-0.4, -0.2) is 22.8 Å². The fourth-order valence-electron chi connectivity index (χ4n) is 1.55. The van der Waals surface area contributed by atoms with Crippen molar-refractivity contribution in [3.63, 3.8) is 0 Å². The lowest BCUT2D eigenvalue weighted by Gasteiger charge is -2.17. The molecule has 0 unspecified atom stereocenters. The zero-order valence-corrected chi connectivity index (χ0v) is 8.46. The van der Waals surface area contributed by atoms with Gasteiger partial charge in [0.05, 0.1) is 22.8 Å². The van der Waals surface area contributed by atoms with Crippen LogP contribution >= 0.6 is 0 Å². The van der Waals surface area contributed by atoms with Crippen molar-refractivity contribution >= 4 is 22.8 Å². The summed E-state index contributed by atoms with van der Waals surface area (Å²) in [5.74, 6) is 0. The van der Waals surface area contributed by atoms with E-state index in [2.05, 4.69) is 0 Å². The lowest BCUT2D eigenvalue weighted by Crippen LogP contribution is -2.23. The van der Waals surface area contributed by atoms with E-state index < -0.39 is 0 Å². The zero-order valence-electron chi connectivity index (χ0n) is 8.46. The van der Waals surface area contributed by atoms with Crippen LogP contribution in [0.4, 0.5) is 0 Å². The van der Waals surface area contributed by atoms with Crippen LogP contribution < -0.4 is 0 Å². The molecule has 0 saturated carbocycles. The van der Waals surface area contributed by atoms with Crippen LogP contribution in [0.15, 0.2) is 47.6 Å². The summed E-state index contributed by atoms with van der Waals surface area (Å²) >= 11 is 0. The molecular weight excluding hydrogens is 200 g/mol. The molecule has 78 valence electrons. The highest BCUT2D eigenvalue weighted by Gasteiger charge is 2.21. The number of rotatable bonds is 1. The van der Waals surface area contributed by atoms with Gasteiger partial charge in [0.2, 0.25) is 0 Å². The van der Waals surface area contributed by atoms with E-state index in [9.17, 15) is 0 Å². The van der Waals surface area contributed by atoms with E-state index in [0.717, 1.165) is 0 Å². The van der Waals surface area contributed by atoms with Gasteiger partial charge in [-0.25, -0.2) is 0 Å². The fraction of sp³-hybridized carbons (Fsp3) is 0. The summed E-state index contributed by atoms with van der Waals surface area (Å²) in [4.78, 5) is 0. The molecule has 0 radical (unpaired) electrons. The van der Waals surface area contributed by atoms with Crippen LogP contribution in [0.2, 0.25) is 0 Å². The van der Waals surface area contributed by atoms with Gasteiger partial charge in [-0.15, -0.1) is 0 Å². The summed E-state index contributed by atoms with van der Waals surface area (Å²) in [5.41, 5.74) is 1.53. The van der Waals surface area contributed by atoms with Gasteiger partial charge < -0.3 is 0 Å². The molecule has 0 spiro atoms. The summed E-state index contributed by atoms with van der Waals surface area (Å²) in [5, 5.41) is 30.6. The number of allylic oxidation sites excluding steroid dienone is 8. The second-order valence-corrected chi connectivity index (χ2v) is 3.46. The van der Waals surface area contributed by atoms with Crippen molar-refractivity contribution < 1.29 is 0 Å². The monoisotopic (exact) mass is 210 g/mol. The average molecular weight is 210 g/mol. The minimum atomic E-state index is 0.0987. The number of hydrogen-bond donors (Lipinski definition) is 4. The van der Waals surface area contributed by atoms with Crippen LogP contribution in [0.1, 0.15) is 0 Å². The Balaban J connectivity index is 2.47. The Bertz CT molecular complexity index is 491. The van der Waals surface area contributed by atoms with E-state index in [0.29, 0.717) is 11.1 Å². The molecule has 4 nitrogen and oxygen atoms in total. The van der Waals surface area contributed by atoms with Crippen LogP contribution in [0.3, 0.4) is 0 Å². The fourth-order valence-corrected chi connectivity index (χ4v) is 1.55. The number of hydrogen-bond acceptors (Lipinski definition) is 4. The maximum absolute atomic E-state index is 7.77. The molecule has 4 heteroatoms. The lowest BCUT2D eigenvalue weighted by molar-refractivity contribution is 1.42. The highest BCUT2D eigenvalue weighted by atomic mass is 14.6. The highest BCUT2D eigenvalue weighted by Crippen LogP contribution is 2.20. The Morgan fingerprint density at radius 2 is 1.00 bits per heavy atom. The van der Waals surface area contributed by atoms with E-state index in [1.807, 2.05) is 0 Å². The average Bonchev–Trinajstić information content (AvgIpc) is 2.27. The van der Waals surface area contributed by atoms with Crippen molar-refractivity contribution in [2.45, 2.75) is 0 Å². The Labute approximate surface area is 92.7 Å². The van der Waals surface area contributed by atoms with Crippen molar-refractivity contribution in [1.29, 1.82) is 21.6 Å². The predicted molar refractivity (Wildman–Crippen MR) is 65.4 cm³/mol. The summed E-state index contributed by atoms with van der Waals surface area (Å²) < 4.78 is 0. The Morgan fingerprint density at radius 3 is 1.38 bits per heavy atom. The van der Waals surface area contributed by atoms with E-state index >= 15 is 0 Å². The third kappa shape index (κ3) is 1.50. The zero-order chi connectivity index (χ0) is 11.7. The summed E-state index contributed by atoms with van der Waals surface area (Å²) in [7, 11) is 0. The molecule has 2 rings (SSSR count). The van der Waals surface area contributed by atoms with E-state index in [1.54, 1.807) is 36.5 Å². The van der Waals surface area contributed by atoms with Gasteiger partial charge in [-0.3, -0.25) is 21.6 Å². The first-order chi connectivity index (χ1) is 7.61. The van der Waals surface area contributed by atoms with E-state index in [-0.39, 0.29) is 22.8 Å². The van der Waals surface area contributed by atoms with Crippen molar-refractivity contribution in [2.24, 2.45) is 0 Å². The molecule has 0 heterocycles. The lowest BCUT2D eigenvalue weighted by atomic mass is 9.87. The van der Waals surface area contributed by atoms with Gasteiger partial charge in [0.25, 0.3) is 0 Å². The molecule has 2 aliphatic carbocycles. The number of nitrogens with one attached hydrogen (secondary N) is 4. The van der Waals surface area contributed by atoms with Crippen LogP contribution in [-0.2, 0) is 0 Å². The maximum atomic E-state index is 7.77. The van der Waals surface area contributed by atoms with Gasteiger partial charge in [-0.2, -0.15) is 0 Å². The summed E-state index contributed by atoms with van der Waals surface area (Å²) in [6.07, 6.45) is 9.86. The molecular formula is C12H10N4. The highest BCUT2D eigenvalue weighted by molar-refractivity contribution is 6.57.